The van der Waals surface area contributed by atoms with Gasteiger partial charge in [0.1, 0.15) is 11.4 Å². The highest BCUT2D eigenvalue weighted by molar-refractivity contribution is 5.92. The van der Waals surface area contributed by atoms with Crippen LogP contribution >= 0.6 is 0 Å². The summed E-state index contributed by atoms with van der Waals surface area (Å²) < 4.78 is 11.2. The lowest BCUT2D eigenvalue weighted by Crippen LogP contribution is -2.35. The first-order valence-electron chi connectivity index (χ1n) is 9.83. The molecule has 2 N–H and O–H groups in total. The quantitative estimate of drug-likeness (QED) is 0.821. The fourth-order valence-electron chi connectivity index (χ4n) is 3.84. The Hall–Kier alpha value is -2.38. The average Bonchev–Trinajstić information content (AvgIpc) is 3.23. The van der Waals surface area contributed by atoms with Crippen LogP contribution in [0.4, 0.5) is 0 Å². The number of aliphatic hydroxyl groups is 1. The van der Waals surface area contributed by atoms with Gasteiger partial charge in [-0.3, -0.25) is 9.69 Å². The summed E-state index contributed by atoms with van der Waals surface area (Å²) in [6, 6.07) is 7.72. The summed E-state index contributed by atoms with van der Waals surface area (Å²) in [7, 11) is 0. The number of aliphatic hydroxyl groups excluding tert-OH is 1. The molecule has 2 aliphatic heterocycles. The monoisotopic (exact) mass is 385 g/mol. The van der Waals surface area contributed by atoms with Gasteiger partial charge in [-0.05, 0) is 43.9 Å². The number of hydrogen-bond acceptors (Lipinski definition) is 6. The number of nitrogens with one attached hydrogen (secondary N) is 1. The van der Waals surface area contributed by atoms with E-state index >= 15 is 0 Å². The molecule has 4 rings (SSSR count). The van der Waals surface area contributed by atoms with E-state index in [4.69, 9.17) is 9.26 Å². The van der Waals surface area contributed by atoms with Crippen molar-refractivity contribution in [2.24, 2.45) is 0 Å². The molecule has 0 aliphatic carbocycles. The highest BCUT2D eigenvalue weighted by Crippen LogP contribution is 2.35. The molecular formula is C21H27N3O4. The lowest BCUT2D eigenvalue weighted by molar-refractivity contribution is 0.0748. The van der Waals surface area contributed by atoms with Crippen molar-refractivity contribution in [2.75, 3.05) is 13.1 Å². The van der Waals surface area contributed by atoms with E-state index in [0.717, 1.165) is 43.7 Å². The van der Waals surface area contributed by atoms with E-state index in [2.05, 4.69) is 35.3 Å². The van der Waals surface area contributed by atoms with Crippen molar-refractivity contribution in [3.05, 3.63) is 46.8 Å². The summed E-state index contributed by atoms with van der Waals surface area (Å²) in [6.07, 6.45) is 2.20. The highest BCUT2D eigenvalue weighted by Gasteiger charge is 2.29. The minimum Gasteiger partial charge on any atom is -0.487 e. The van der Waals surface area contributed by atoms with Crippen molar-refractivity contribution in [1.82, 2.24) is 15.4 Å². The number of nitrogens with zero attached hydrogens (tertiary/aromatic N) is 2. The van der Waals surface area contributed by atoms with Crippen LogP contribution < -0.4 is 10.1 Å². The summed E-state index contributed by atoms with van der Waals surface area (Å²) in [5.41, 5.74) is 2.32. The Kier molecular flexibility index (Phi) is 5.12. The van der Waals surface area contributed by atoms with E-state index in [1.165, 1.54) is 5.56 Å². The van der Waals surface area contributed by atoms with Crippen LogP contribution in [0.25, 0.3) is 0 Å². The van der Waals surface area contributed by atoms with Crippen molar-refractivity contribution in [3.8, 4) is 5.75 Å². The van der Waals surface area contributed by atoms with Crippen LogP contribution in [0, 0.1) is 0 Å². The summed E-state index contributed by atoms with van der Waals surface area (Å²) in [4.78, 5) is 14.6. The predicted octanol–water partition coefficient (Wildman–Crippen LogP) is 2.27. The highest BCUT2D eigenvalue weighted by atomic mass is 16.5. The summed E-state index contributed by atoms with van der Waals surface area (Å²) in [6.45, 7) is 6.82. The molecule has 1 saturated heterocycles. The molecule has 0 bridgehead atoms. The van der Waals surface area contributed by atoms with Gasteiger partial charge in [-0.25, -0.2) is 0 Å². The van der Waals surface area contributed by atoms with Gasteiger partial charge in [0.05, 0.1) is 12.6 Å². The summed E-state index contributed by atoms with van der Waals surface area (Å²) >= 11 is 0. The number of rotatable bonds is 5. The minimum atomic E-state index is -0.249. The molecule has 0 saturated carbocycles. The van der Waals surface area contributed by atoms with Crippen molar-refractivity contribution >= 4 is 5.91 Å². The normalized spacial score (nSPS) is 19.2. The van der Waals surface area contributed by atoms with Crippen molar-refractivity contribution in [3.63, 3.8) is 0 Å². The molecular weight excluding hydrogens is 358 g/mol. The molecule has 150 valence electrons. The second-order valence-electron chi connectivity index (χ2n) is 8.35. The van der Waals surface area contributed by atoms with Crippen molar-refractivity contribution < 1.29 is 19.2 Å². The van der Waals surface area contributed by atoms with E-state index in [-0.39, 0.29) is 23.3 Å². The molecule has 1 aromatic carbocycles. The molecule has 2 aliphatic rings. The number of piperidine rings is 1. The zero-order valence-corrected chi connectivity index (χ0v) is 16.4. The van der Waals surface area contributed by atoms with Gasteiger partial charge in [0.25, 0.3) is 5.91 Å². The van der Waals surface area contributed by atoms with Gasteiger partial charge in [-0.15, -0.1) is 0 Å². The Morgan fingerprint density at radius 1 is 1.32 bits per heavy atom. The van der Waals surface area contributed by atoms with Crippen LogP contribution in [0.3, 0.4) is 0 Å². The Morgan fingerprint density at radius 2 is 2.11 bits per heavy atom. The van der Waals surface area contributed by atoms with Gasteiger partial charge < -0.3 is 19.7 Å². The van der Waals surface area contributed by atoms with Gasteiger partial charge in [0.15, 0.2) is 11.5 Å². The molecule has 7 nitrogen and oxygen atoms in total. The molecule has 7 heteroatoms. The van der Waals surface area contributed by atoms with Gasteiger partial charge in [0.2, 0.25) is 0 Å². The number of aromatic nitrogens is 1. The number of hydrogen-bond donors (Lipinski definition) is 2. The van der Waals surface area contributed by atoms with Gasteiger partial charge >= 0.3 is 0 Å². The SMILES string of the molecule is CC1(C)Cc2cc(CNC(=O)c3cc(CN4CCC(O)CC4)on3)ccc2O1. The van der Waals surface area contributed by atoms with Gasteiger partial charge in [0, 0.05) is 32.1 Å². The molecule has 1 amide bonds. The molecule has 0 atom stereocenters. The van der Waals surface area contributed by atoms with E-state index in [1.807, 2.05) is 12.1 Å². The topological polar surface area (TPSA) is 87.8 Å². The van der Waals surface area contributed by atoms with E-state index in [0.29, 0.717) is 18.8 Å². The van der Waals surface area contributed by atoms with Crippen LogP contribution in [0.2, 0.25) is 0 Å². The Labute approximate surface area is 164 Å². The molecule has 1 aromatic heterocycles. The number of carbonyl (C=O) groups excluding carboxylic acids is 1. The first-order chi connectivity index (χ1) is 13.4. The molecule has 1 fully saturated rings. The van der Waals surface area contributed by atoms with Crippen LogP contribution in [0.5, 0.6) is 5.75 Å². The second-order valence-corrected chi connectivity index (χ2v) is 8.35. The fourth-order valence-corrected chi connectivity index (χ4v) is 3.84. The fraction of sp³-hybridized carbons (Fsp3) is 0.524. The molecule has 0 spiro atoms. The minimum absolute atomic E-state index is 0.173. The maximum Gasteiger partial charge on any atom is 0.273 e. The number of carbonyl (C=O) groups is 1. The van der Waals surface area contributed by atoms with E-state index in [1.54, 1.807) is 6.07 Å². The van der Waals surface area contributed by atoms with Gasteiger partial charge in [-0.1, -0.05) is 17.3 Å². The first kappa shape index (κ1) is 19.0. The first-order valence-corrected chi connectivity index (χ1v) is 9.83. The molecule has 0 radical (unpaired) electrons. The standard InChI is InChI=1S/C21H27N3O4/c1-21(2)11-15-9-14(3-4-19(15)27-21)12-22-20(26)18-10-17(28-23-18)13-24-7-5-16(25)6-8-24/h3-4,9-10,16,25H,5-8,11-13H2,1-2H3,(H,22,26). The maximum absolute atomic E-state index is 12.4. The van der Waals surface area contributed by atoms with E-state index < -0.39 is 0 Å². The zero-order chi connectivity index (χ0) is 19.7. The maximum atomic E-state index is 12.4. The van der Waals surface area contributed by atoms with Crippen LogP contribution in [0.1, 0.15) is 54.1 Å². The third kappa shape index (κ3) is 4.36. The number of likely N-dealkylation sites (tertiary alicyclic amines) is 1. The molecule has 2 aromatic rings. The molecule has 0 unspecified atom stereocenters. The van der Waals surface area contributed by atoms with Gasteiger partial charge in [-0.2, -0.15) is 0 Å². The van der Waals surface area contributed by atoms with E-state index in [9.17, 15) is 9.90 Å². The third-order valence-corrected chi connectivity index (χ3v) is 5.31. The largest absolute Gasteiger partial charge is 0.487 e. The lowest BCUT2D eigenvalue weighted by Gasteiger charge is -2.28. The second kappa shape index (κ2) is 7.56. The van der Waals surface area contributed by atoms with Crippen LogP contribution in [-0.4, -0.2) is 45.9 Å². The predicted molar refractivity (Wildman–Crippen MR) is 103 cm³/mol. The van der Waals surface area contributed by atoms with Crippen LogP contribution in [-0.2, 0) is 19.5 Å². The smallest absolute Gasteiger partial charge is 0.273 e. The third-order valence-electron chi connectivity index (χ3n) is 5.31. The Bertz CT molecular complexity index is 853. The summed E-state index contributed by atoms with van der Waals surface area (Å²) in [5.74, 6) is 1.34. The number of fused-ring (bicyclic) bond motifs is 1. The van der Waals surface area contributed by atoms with Crippen molar-refractivity contribution in [1.29, 1.82) is 0 Å². The zero-order valence-electron chi connectivity index (χ0n) is 16.4. The van der Waals surface area contributed by atoms with Crippen molar-refractivity contribution in [2.45, 2.75) is 57.9 Å². The molecule has 3 heterocycles. The Morgan fingerprint density at radius 3 is 2.89 bits per heavy atom. The number of ether oxygens (including phenoxy) is 1. The lowest BCUT2D eigenvalue weighted by atomic mass is 10.0. The number of amides is 1. The number of benzene rings is 1. The Balaban J connectivity index is 1.31. The average molecular weight is 385 g/mol. The summed E-state index contributed by atoms with van der Waals surface area (Å²) in [5, 5.41) is 16.4. The molecule has 28 heavy (non-hydrogen) atoms. The van der Waals surface area contributed by atoms with Crippen LogP contribution in [0.15, 0.2) is 28.8 Å².